The SMILES string of the molecule is CNC1CC2CCC(C1)N2CC(C)O. The summed E-state index contributed by atoms with van der Waals surface area (Å²) in [6.07, 6.45) is 5.01. The number of piperidine rings is 1. The first kappa shape index (κ1) is 10.4. The van der Waals surface area contributed by atoms with Crippen molar-refractivity contribution in [1.29, 1.82) is 0 Å². The van der Waals surface area contributed by atoms with Crippen LogP contribution in [-0.2, 0) is 0 Å². The zero-order valence-corrected chi connectivity index (χ0v) is 9.24. The molecule has 2 bridgehead atoms. The highest BCUT2D eigenvalue weighted by Crippen LogP contribution is 2.35. The lowest BCUT2D eigenvalue weighted by molar-refractivity contribution is 0.0611. The Labute approximate surface area is 86.5 Å². The van der Waals surface area contributed by atoms with Crippen molar-refractivity contribution < 1.29 is 5.11 Å². The third-order valence-electron chi connectivity index (χ3n) is 3.77. The highest BCUT2D eigenvalue weighted by atomic mass is 16.3. The molecule has 0 saturated carbocycles. The molecule has 14 heavy (non-hydrogen) atoms. The zero-order chi connectivity index (χ0) is 10.1. The average Bonchev–Trinajstić information content (AvgIpc) is 2.38. The maximum Gasteiger partial charge on any atom is 0.0639 e. The van der Waals surface area contributed by atoms with Crippen LogP contribution in [0.5, 0.6) is 0 Å². The van der Waals surface area contributed by atoms with Gasteiger partial charge >= 0.3 is 0 Å². The van der Waals surface area contributed by atoms with Crippen LogP contribution in [0.3, 0.4) is 0 Å². The van der Waals surface area contributed by atoms with Crippen molar-refractivity contribution in [1.82, 2.24) is 10.2 Å². The quantitative estimate of drug-likeness (QED) is 0.696. The highest BCUT2D eigenvalue weighted by molar-refractivity contribution is 4.97. The lowest BCUT2D eigenvalue weighted by Crippen LogP contribution is -2.50. The van der Waals surface area contributed by atoms with Gasteiger partial charge < -0.3 is 10.4 Å². The van der Waals surface area contributed by atoms with Gasteiger partial charge in [-0.3, -0.25) is 4.90 Å². The maximum absolute atomic E-state index is 9.43. The molecule has 2 saturated heterocycles. The molecular weight excluding hydrogens is 176 g/mol. The molecule has 2 aliphatic rings. The molecule has 0 aromatic heterocycles. The van der Waals surface area contributed by atoms with Crippen LogP contribution >= 0.6 is 0 Å². The Morgan fingerprint density at radius 3 is 2.36 bits per heavy atom. The highest BCUT2D eigenvalue weighted by Gasteiger charge is 2.40. The molecule has 0 radical (unpaired) electrons. The summed E-state index contributed by atoms with van der Waals surface area (Å²) in [5.74, 6) is 0. The summed E-state index contributed by atoms with van der Waals surface area (Å²) in [5, 5.41) is 12.8. The van der Waals surface area contributed by atoms with Gasteiger partial charge in [-0.05, 0) is 39.7 Å². The first-order valence-electron chi connectivity index (χ1n) is 5.81. The first-order chi connectivity index (χ1) is 6.70. The van der Waals surface area contributed by atoms with E-state index in [1.807, 2.05) is 6.92 Å². The number of fused-ring (bicyclic) bond motifs is 2. The van der Waals surface area contributed by atoms with E-state index in [4.69, 9.17) is 0 Å². The zero-order valence-electron chi connectivity index (χ0n) is 9.24. The predicted octanol–water partition coefficient (Wildman–Crippen LogP) is 0.582. The van der Waals surface area contributed by atoms with Crippen LogP contribution in [0.4, 0.5) is 0 Å². The lowest BCUT2D eigenvalue weighted by atomic mass is 9.97. The molecule has 2 rings (SSSR count). The second-order valence-electron chi connectivity index (χ2n) is 4.89. The molecule has 82 valence electrons. The van der Waals surface area contributed by atoms with Crippen LogP contribution < -0.4 is 5.32 Å². The molecule has 0 spiro atoms. The molecule has 0 aromatic rings. The molecule has 3 nitrogen and oxygen atoms in total. The summed E-state index contributed by atoms with van der Waals surface area (Å²) in [4.78, 5) is 2.53. The monoisotopic (exact) mass is 198 g/mol. The van der Waals surface area contributed by atoms with Gasteiger partial charge in [0.05, 0.1) is 6.10 Å². The minimum absolute atomic E-state index is 0.177. The van der Waals surface area contributed by atoms with E-state index >= 15 is 0 Å². The van der Waals surface area contributed by atoms with E-state index in [9.17, 15) is 5.11 Å². The van der Waals surface area contributed by atoms with Gasteiger partial charge in [0.1, 0.15) is 0 Å². The van der Waals surface area contributed by atoms with E-state index in [0.29, 0.717) is 6.04 Å². The third kappa shape index (κ3) is 1.95. The topological polar surface area (TPSA) is 35.5 Å². The van der Waals surface area contributed by atoms with E-state index in [0.717, 1.165) is 18.6 Å². The van der Waals surface area contributed by atoms with Crippen molar-refractivity contribution in [2.24, 2.45) is 0 Å². The number of aliphatic hydroxyl groups is 1. The van der Waals surface area contributed by atoms with E-state index in [1.165, 1.54) is 25.7 Å². The van der Waals surface area contributed by atoms with Gasteiger partial charge in [-0.1, -0.05) is 0 Å². The van der Waals surface area contributed by atoms with Gasteiger partial charge in [-0.25, -0.2) is 0 Å². The number of aliphatic hydroxyl groups excluding tert-OH is 1. The summed E-state index contributed by atoms with van der Waals surface area (Å²) >= 11 is 0. The minimum atomic E-state index is -0.177. The molecular formula is C11H22N2O. The normalized spacial score (nSPS) is 40.1. The molecule has 0 aromatic carbocycles. The molecule has 2 fully saturated rings. The fourth-order valence-electron chi connectivity index (χ4n) is 3.11. The van der Waals surface area contributed by atoms with Crippen molar-refractivity contribution in [2.75, 3.05) is 13.6 Å². The Morgan fingerprint density at radius 2 is 1.93 bits per heavy atom. The summed E-state index contributed by atoms with van der Waals surface area (Å²) in [6, 6.07) is 2.15. The Kier molecular flexibility index (Phi) is 3.10. The van der Waals surface area contributed by atoms with Crippen LogP contribution in [0.15, 0.2) is 0 Å². The number of hydrogen-bond donors (Lipinski definition) is 2. The summed E-state index contributed by atoms with van der Waals surface area (Å²) in [5.41, 5.74) is 0. The molecule has 2 aliphatic heterocycles. The summed E-state index contributed by atoms with van der Waals surface area (Å²) in [6.45, 7) is 2.76. The van der Waals surface area contributed by atoms with Crippen molar-refractivity contribution in [3.63, 3.8) is 0 Å². The fourth-order valence-corrected chi connectivity index (χ4v) is 3.11. The van der Waals surface area contributed by atoms with Crippen molar-refractivity contribution in [2.45, 2.75) is 56.8 Å². The Balaban J connectivity index is 1.96. The van der Waals surface area contributed by atoms with Gasteiger partial charge in [0.15, 0.2) is 0 Å². The van der Waals surface area contributed by atoms with E-state index in [1.54, 1.807) is 0 Å². The molecule has 3 unspecified atom stereocenters. The molecule has 3 heteroatoms. The fraction of sp³-hybridized carbons (Fsp3) is 1.00. The number of hydrogen-bond acceptors (Lipinski definition) is 3. The van der Waals surface area contributed by atoms with E-state index < -0.39 is 0 Å². The van der Waals surface area contributed by atoms with Crippen LogP contribution in [0.25, 0.3) is 0 Å². The third-order valence-corrected chi connectivity index (χ3v) is 3.77. The predicted molar refractivity (Wildman–Crippen MR) is 57.3 cm³/mol. The molecule has 3 atom stereocenters. The van der Waals surface area contributed by atoms with Crippen LogP contribution in [0.2, 0.25) is 0 Å². The first-order valence-corrected chi connectivity index (χ1v) is 5.81. The molecule has 2 N–H and O–H groups in total. The number of rotatable bonds is 3. The Hall–Kier alpha value is -0.120. The van der Waals surface area contributed by atoms with Crippen LogP contribution in [0.1, 0.15) is 32.6 Å². The van der Waals surface area contributed by atoms with Crippen LogP contribution in [-0.4, -0.2) is 47.8 Å². The second kappa shape index (κ2) is 4.17. The lowest BCUT2D eigenvalue weighted by Gasteiger charge is -2.39. The van der Waals surface area contributed by atoms with Crippen LogP contribution in [0, 0.1) is 0 Å². The Bertz CT molecular complexity index is 182. The van der Waals surface area contributed by atoms with Crippen molar-refractivity contribution >= 4 is 0 Å². The van der Waals surface area contributed by atoms with Gasteiger partial charge in [-0.15, -0.1) is 0 Å². The number of nitrogens with one attached hydrogen (secondary N) is 1. The second-order valence-corrected chi connectivity index (χ2v) is 4.89. The largest absolute Gasteiger partial charge is 0.392 e. The van der Waals surface area contributed by atoms with Gasteiger partial charge in [0, 0.05) is 24.7 Å². The number of nitrogens with zero attached hydrogens (tertiary/aromatic N) is 1. The van der Waals surface area contributed by atoms with E-state index in [2.05, 4.69) is 17.3 Å². The Morgan fingerprint density at radius 1 is 1.36 bits per heavy atom. The summed E-state index contributed by atoms with van der Waals surface area (Å²) in [7, 11) is 2.06. The van der Waals surface area contributed by atoms with E-state index in [-0.39, 0.29) is 6.10 Å². The van der Waals surface area contributed by atoms with Gasteiger partial charge in [0.25, 0.3) is 0 Å². The molecule has 0 aliphatic carbocycles. The van der Waals surface area contributed by atoms with Crippen molar-refractivity contribution in [3.8, 4) is 0 Å². The minimum Gasteiger partial charge on any atom is -0.392 e. The molecule has 2 heterocycles. The maximum atomic E-state index is 9.43. The van der Waals surface area contributed by atoms with Crippen molar-refractivity contribution in [3.05, 3.63) is 0 Å². The molecule has 0 amide bonds. The summed E-state index contributed by atoms with van der Waals surface area (Å²) < 4.78 is 0. The van der Waals surface area contributed by atoms with Gasteiger partial charge in [0.2, 0.25) is 0 Å². The standard InChI is InChI=1S/C11H22N2O/c1-8(14)7-13-10-3-4-11(13)6-9(5-10)12-2/h8-12,14H,3-7H2,1-2H3. The average molecular weight is 198 g/mol. The smallest absolute Gasteiger partial charge is 0.0639 e. The van der Waals surface area contributed by atoms with Gasteiger partial charge in [-0.2, -0.15) is 0 Å².